The van der Waals surface area contributed by atoms with Crippen LogP contribution >= 0.6 is 0 Å². The minimum Gasteiger partial charge on any atom is -0.396 e. The molecule has 2 heterocycles. The number of hydrogen-bond donors (Lipinski definition) is 2. The van der Waals surface area contributed by atoms with Crippen LogP contribution in [0.2, 0.25) is 0 Å². The van der Waals surface area contributed by atoms with Gasteiger partial charge in [0, 0.05) is 20.1 Å². The fraction of sp³-hybridized carbons (Fsp3) is 0.591. The zero-order valence-electron chi connectivity index (χ0n) is 16.9. The molecule has 1 aromatic carbocycles. The Morgan fingerprint density at radius 2 is 1.76 bits per heavy atom. The molecule has 1 saturated carbocycles. The SMILES string of the molecule is Cn1c(=O)n(C2CCC(=O)NC2=O)c2ccc(C[C@H]3CC[C@@H](CCO)CC3)cc21. The van der Waals surface area contributed by atoms with Gasteiger partial charge in [-0.3, -0.25) is 24.0 Å². The van der Waals surface area contributed by atoms with Crippen LogP contribution in [0.5, 0.6) is 0 Å². The van der Waals surface area contributed by atoms with Crippen LogP contribution in [0.3, 0.4) is 0 Å². The van der Waals surface area contributed by atoms with E-state index in [4.69, 9.17) is 5.11 Å². The van der Waals surface area contributed by atoms with Crippen LogP contribution in [0.25, 0.3) is 11.0 Å². The number of aryl methyl sites for hydroxylation is 1. The molecule has 2 fully saturated rings. The summed E-state index contributed by atoms with van der Waals surface area (Å²) in [5.74, 6) is 0.605. The molecular weight excluding hydrogens is 370 g/mol. The summed E-state index contributed by atoms with van der Waals surface area (Å²) >= 11 is 0. The second kappa shape index (κ2) is 8.14. The summed E-state index contributed by atoms with van der Waals surface area (Å²) in [6.07, 6.45) is 7.21. The highest BCUT2D eigenvalue weighted by Gasteiger charge is 2.31. The Morgan fingerprint density at radius 1 is 1.03 bits per heavy atom. The summed E-state index contributed by atoms with van der Waals surface area (Å²) in [7, 11) is 1.73. The summed E-state index contributed by atoms with van der Waals surface area (Å²) in [6, 6.07) is 5.42. The molecule has 4 rings (SSSR count). The number of aliphatic hydroxyl groups excluding tert-OH is 1. The second-order valence-electron chi connectivity index (χ2n) is 8.60. The van der Waals surface area contributed by atoms with E-state index in [1.54, 1.807) is 11.6 Å². The average molecular weight is 399 g/mol. The Bertz CT molecular complexity index is 982. The number of nitrogens with one attached hydrogen (secondary N) is 1. The van der Waals surface area contributed by atoms with Crippen LogP contribution < -0.4 is 11.0 Å². The minimum absolute atomic E-state index is 0.226. The van der Waals surface area contributed by atoms with Gasteiger partial charge in [0.25, 0.3) is 0 Å². The standard InChI is InChI=1S/C22H29N3O4/c1-24-19-13-16(12-15-4-2-14(3-5-15)10-11-26)6-7-17(19)25(22(24)29)18-8-9-20(27)23-21(18)28/h6-7,13-15,18,26H,2-5,8-12H2,1H3,(H,23,27,28)/t14-,15+,18?. The molecular formula is C22H29N3O4. The lowest BCUT2D eigenvalue weighted by Gasteiger charge is -2.28. The van der Waals surface area contributed by atoms with E-state index in [1.807, 2.05) is 6.07 Å². The first-order valence-corrected chi connectivity index (χ1v) is 10.6. The number of carbonyl (C=O) groups excluding carboxylic acids is 2. The van der Waals surface area contributed by atoms with Crippen LogP contribution in [0.15, 0.2) is 23.0 Å². The van der Waals surface area contributed by atoms with Crippen LogP contribution in [-0.4, -0.2) is 32.7 Å². The Labute approximate surface area is 169 Å². The van der Waals surface area contributed by atoms with E-state index < -0.39 is 11.9 Å². The summed E-state index contributed by atoms with van der Waals surface area (Å²) in [5, 5.41) is 11.5. The Kier molecular flexibility index (Phi) is 5.58. The lowest BCUT2D eigenvalue weighted by Crippen LogP contribution is -2.44. The fourth-order valence-corrected chi connectivity index (χ4v) is 5.01. The van der Waals surface area contributed by atoms with E-state index in [0.29, 0.717) is 18.3 Å². The monoisotopic (exact) mass is 399 g/mol. The highest BCUT2D eigenvalue weighted by molar-refractivity contribution is 6.00. The number of nitrogens with zero attached hydrogens (tertiary/aromatic N) is 2. The largest absolute Gasteiger partial charge is 0.396 e. The minimum atomic E-state index is -0.642. The number of piperidine rings is 1. The molecule has 7 heteroatoms. The van der Waals surface area contributed by atoms with Crippen molar-refractivity contribution >= 4 is 22.8 Å². The first-order chi connectivity index (χ1) is 14.0. The first kappa shape index (κ1) is 19.9. The number of amides is 2. The van der Waals surface area contributed by atoms with E-state index >= 15 is 0 Å². The van der Waals surface area contributed by atoms with Gasteiger partial charge in [-0.1, -0.05) is 18.9 Å². The highest BCUT2D eigenvalue weighted by atomic mass is 16.3. The molecule has 0 radical (unpaired) electrons. The second-order valence-corrected chi connectivity index (χ2v) is 8.60. The van der Waals surface area contributed by atoms with Gasteiger partial charge in [-0.15, -0.1) is 0 Å². The maximum atomic E-state index is 12.9. The molecule has 1 atom stereocenters. The molecule has 1 aromatic heterocycles. The van der Waals surface area contributed by atoms with Gasteiger partial charge in [0.15, 0.2) is 0 Å². The molecule has 0 bridgehead atoms. The molecule has 1 aliphatic carbocycles. The topological polar surface area (TPSA) is 93.3 Å². The lowest BCUT2D eigenvalue weighted by molar-refractivity contribution is -0.135. The number of aromatic nitrogens is 2. The molecule has 2 aliphatic rings. The Balaban J connectivity index is 1.56. The Morgan fingerprint density at radius 3 is 2.45 bits per heavy atom. The van der Waals surface area contributed by atoms with Gasteiger partial charge in [0.1, 0.15) is 6.04 Å². The number of hydrogen-bond acceptors (Lipinski definition) is 4. The van der Waals surface area contributed by atoms with Gasteiger partial charge in [-0.05, 0) is 61.6 Å². The van der Waals surface area contributed by atoms with E-state index in [9.17, 15) is 14.4 Å². The number of fused-ring (bicyclic) bond motifs is 1. The molecule has 7 nitrogen and oxygen atoms in total. The van der Waals surface area contributed by atoms with Gasteiger partial charge < -0.3 is 5.11 Å². The van der Waals surface area contributed by atoms with Crippen molar-refractivity contribution in [1.82, 2.24) is 14.5 Å². The van der Waals surface area contributed by atoms with Gasteiger partial charge in [0.2, 0.25) is 11.8 Å². The maximum Gasteiger partial charge on any atom is 0.329 e. The van der Waals surface area contributed by atoms with E-state index in [2.05, 4.69) is 17.4 Å². The fourth-order valence-electron chi connectivity index (χ4n) is 5.01. The van der Waals surface area contributed by atoms with Crippen molar-refractivity contribution in [3.63, 3.8) is 0 Å². The van der Waals surface area contributed by atoms with Crippen molar-refractivity contribution in [2.45, 2.75) is 57.4 Å². The van der Waals surface area contributed by atoms with Crippen molar-refractivity contribution in [3.8, 4) is 0 Å². The van der Waals surface area contributed by atoms with Gasteiger partial charge >= 0.3 is 5.69 Å². The quantitative estimate of drug-likeness (QED) is 0.753. The van der Waals surface area contributed by atoms with Crippen molar-refractivity contribution in [1.29, 1.82) is 0 Å². The Hall–Kier alpha value is -2.41. The van der Waals surface area contributed by atoms with Crippen molar-refractivity contribution in [2.24, 2.45) is 18.9 Å². The predicted molar refractivity (Wildman–Crippen MR) is 109 cm³/mol. The van der Waals surface area contributed by atoms with Crippen LogP contribution in [-0.2, 0) is 23.1 Å². The van der Waals surface area contributed by atoms with Gasteiger partial charge in [0.05, 0.1) is 11.0 Å². The van der Waals surface area contributed by atoms with Crippen molar-refractivity contribution in [3.05, 3.63) is 34.2 Å². The molecule has 0 spiro atoms. The van der Waals surface area contributed by atoms with Gasteiger partial charge in [-0.25, -0.2) is 4.79 Å². The zero-order valence-corrected chi connectivity index (χ0v) is 16.9. The van der Waals surface area contributed by atoms with Crippen LogP contribution in [0.1, 0.15) is 56.6 Å². The number of rotatable bonds is 5. The number of imide groups is 1. The smallest absolute Gasteiger partial charge is 0.329 e. The summed E-state index contributed by atoms with van der Waals surface area (Å²) < 4.78 is 3.13. The molecule has 2 amide bonds. The number of aliphatic hydroxyl groups is 1. The van der Waals surface area contributed by atoms with E-state index in [-0.39, 0.29) is 24.6 Å². The molecule has 2 N–H and O–H groups in total. The van der Waals surface area contributed by atoms with Crippen LogP contribution in [0, 0.1) is 11.8 Å². The third kappa shape index (κ3) is 3.88. The molecule has 29 heavy (non-hydrogen) atoms. The summed E-state index contributed by atoms with van der Waals surface area (Å²) in [6.45, 7) is 0.282. The highest BCUT2D eigenvalue weighted by Crippen LogP contribution is 2.33. The van der Waals surface area contributed by atoms with Crippen molar-refractivity contribution < 1.29 is 14.7 Å². The normalized spacial score (nSPS) is 25.4. The zero-order chi connectivity index (χ0) is 20.5. The first-order valence-electron chi connectivity index (χ1n) is 10.6. The van der Waals surface area contributed by atoms with E-state index in [0.717, 1.165) is 23.9 Å². The summed E-state index contributed by atoms with van der Waals surface area (Å²) in [5.41, 5.74) is 2.55. The molecule has 1 aliphatic heterocycles. The van der Waals surface area contributed by atoms with Crippen LogP contribution in [0.4, 0.5) is 0 Å². The molecule has 2 aromatic rings. The third-order valence-electron chi connectivity index (χ3n) is 6.70. The molecule has 156 valence electrons. The number of imidazole rings is 1. The number of carbonyl (C=O) groups is 2. The van der Waals surface area contributed by atoms with Gasteiger partial charge in [-0.2, -0.15) is 0 Å². The van der Waals surface area contributed by atoms with E-state index in [1.165, 1.54) is 35.8 Å². The van der Waals surface area contributed by atoms with Crippen molar-refractivity contribution in [2.75, 3.05) is 6.61 Å². The predicted octanol–water partition coefficient (Wildman–Crippen LogP) is 2.05. The number of benzene rings is 1. The maximum absolute atomic E-state index is 12.9. The third-order valence-corrected chi connectivity index (χ3v) is 6.70. The molecule has 1 saturated heterocycles. The average Bonchev–Trinajstić information content (AvgIpc) is 2.94. The molecule has 1 unspecified atom stereocenters. The lowest BCUT2D eigenvalue weighted by atomic mass is 9.78. The summed E-state index contributed by atoms with van der Waals surface area (Å²) in [4.78, 5) is 36.6.